The number of fused-ring (bicyclic) bond motifs is 1. The van der Waals surface area contributed by atoms with E-state index in [4.69, 9.17) is 9.47 Å². The molecular weight excluding hydrogens is 228 g/mol. The van der Waals surface area contributed by atoms with E-state index in [2.05, 4.69) is 9.80 Å². The van der Waals surface area contributed by atoms with Gasteiger partial charge < -0.3 is 14.4 Å². The molecule has 1 unspecified atom stereocenters. The van der Waals surface area contributed by atoms with Crippen LogP contribution in [0.15, 0.2) is 0 Å². The number of hydrogen-bond donors (Lipinski definition) is 0. The van der Waals surface area contributed by atoms with Gasteiger partial charge in [-0.15, -0.1) is 0 Å². The fraction of sp³-hybridized carbons (Fsp3) is 1.00. The minimum atomic E-state index is 0.0585. The van der Waals surface area contributed by atoms with E-state index in [-0.39, 0.29) is 6.29 Å². The summed E-state index contributed by atoms with van der Waals surface area (Å²) in [6, 6.07) is 0.820. The predicted molar refractivity (Wildman–Crippen MR) is 70.6 cm³/mol. The second kappa shape index (κ2) is 6.33. The van der Waals surface area contributed by atoms with Gasteiger partial charge in [0.2, 0.25) is 0 Å². The smallest absolute Gasteiger partial charge is 0.158 e. The molecule has 0 aliphatic carbocycles. The molecule has 0 saturated carbocycles. The Morgan fingerprint density at radius 1 is 0.944 bits per heavy atom. The maximum Gasteiger partial charge on any atom is 0.158 e. The van der Waals surface area contributed by atoms with E-state index in [0.29, 0.717) is 0 Å². The molecular formula is C14H26N2O2. The van der Waals surface area contributed by atoms with Gasteiger partial charge in [0.1, 0.15) is 0 Å². The molecule has 0 aromatic rings. The summed E-state index contributed by atoms with van der Waals surface area (Å²) in [5.74, 6) is 0. The lowest BCUT2D eigenvalue weighted by Crippen LogP contribution is -2.55. The van der Waals surface area contributed by atoms with Crippen molar-refractivity contribution in [1.29, 1.82) is 0 Å². The first-order valence-corrected chi connectivity index (χ1v) is 7.61. The van der Waals surface area contributed by atoms with E-state index >= 15 is 0 Å². The minimum Gasteiger partial charge on any atom is -0.353 e. The average Bonchev–Trinajstić information content (AvgIpc) is 2.46. The lowest BCUT2D eigenvalue weighted by atomic mass is 9.99. The van der Waals surface area contributed by atoms with Crippen molar-refractivity contribution in [3.63, 3.8) is 0 Å². The molecule has 0 N–H and O–H groups in total. The van der Waals surface area contributed by atoms with Crippen LogP contribution in [-0.2, 0) is 9.47 Å². The number of ether oxygens (including phenoxy) is 2. The Labute approximate surface area is 110 Å². The number of piperazine rings is 1. The van der Waals surface area contributed by atoms with E-state index < -0.39 is 0 Å². The molecule has 104 valence electrons. The molecule has 3 heterocycles. The standard InChI is InChI=1S/C14H26N2O2/c1-2-6-16-9-8-15(12-13(16)4-1)7-5-14-17-10-3-11-18-14/h13-14H,1-12H2. The molecule has 3 fully saturated rings. The summed E-state index contributed by atoms with van der Waals surface area (Å²) in [6.07, 6.45) is 6.37. The second-order valence-corrected chi connectivity index (χ2v) is 5.80. The SMILES string of the molecule is C1COC(CCN2CCN3CCCCC3C2)OC1. The first-order valence-electron chi connectivity index (χ1n) is 7.61. The summed E-state index contributed by atoms with van der Waals surface area (Å²) in [7, 11) is 0. The van der Waals surface area contributed by atoms with E-state index in [1.165, 1.54) is 45.4 Å². The van der Waals surface area contributed by atoms with Crippen LogP contribution in [0.25, 0.3) is 0 Å². The van der Waals surface area contributed by atoms with Crippen molar-refractivity contribution < 1.29 is 9.47 Å². The van der Waals surface area contributed by atoms with Gasteiger partial charge in [0.15, 0.2) is 6.29 Å². The van der Waals surface area contributed by atoms with Crippen molar-refractivity contribution in [3.05, 3.63) is 0 Å². The third kappa shape index (κ3) is 3.23. The fourth-order valence-corrected chi connectivity index (χ4v) is 3.41. The highest BCUT2D eigenvalue weighted by Crippen LogP contribution is 2.21. The van der Waals surface area contributed by atoms with Crippen LogP contribution in [-0.4, -0.2) is 68.1 Å². The van der Waals surface area contributed by atoms with Crippen LogP contribution in [0.2, 0.25) is 0 Å². The Bertz CT molecular complexity index is 256. The van der Waals surface area contributed by atoms with Crippen LogP contribution in [0.4, 0.5) is 0 Å². The highest BCUT2D eigenvalue weighted by atomic mass is 16.7. The van der Waals surface area contributed by atoms with Crippen LogP contribution in [0, 0.1) is 0 Å². The van der Waals surface area contributed by atoms with Crippen molar-refractivity contribution in [2.45, 2.75) is 44.4 Å². The van der Waals surface area contributed by atoms with Crippen LogP contribution in [0.5, 0.6) is 0 Å². The highest BCUT2D eigenvalue weighted by Gasteiger charge is 2.29. The topological polar surface area (TPSA) is 24.9 Å². The molecule has 1 atom stereocenters. The van der Waals surface area contributed by atoms with Gasteiger partial charge in [-0.3, -0.25) is 4.90 Å². The monoisotopic (exact) mass is 254 g/mol. The van der Waals surface area contributed by atoms with Gasteiger partial charge in [-0.2, -0.15) is 0 Å². The average molecular weight is 254 g/mol. The Morgan fingerprint density at radius 2 is 1.83 bits per heavy atom. The molecule has 0 amide bonds. The van der Waals surface area contributed by atoms with Gasteiger partial charge in [-0.25, -0.2) is 0 Å². The zero-order valence-electron chi connectivity index (χ0n) is 11.4. The van der Waals surface area contributed by atoms with Gasteiger partial charge in [0.25, 0.3) is 0 Å². The van der Waals surface area contributed by atoms with Crippen LogP contribution >= 0.6 is 0 Å². The van der Waals surface area contributed by atoms with Crippen molar-refractivity contribution in [3.8, 4) is 0 Å². The minimum absolute atomic E-state index is 0.0585. The summed E-state index contributed by atoms with van der Waals surface area (Å²) in [6.45, 7) is 7.96. The van der Waals surface area contributed by atoms with Gasteiger partial charge in [-0.1, -0.05) is 6.42 Å². The number of nitrogens with zero attached hydrogens (tertiary/aromatic N) is 2. The largest absolute Gasteiger partial charge is 0.353 e. The molecule has 18 heavy (non-hydrogen) atoms. The fourth-order valence-electron chi connectivity index (χ4n) is 3.41. The molecule has 0 bridgehead atoms. The third-order valence-corrected chi connectivity index (χ3v) is 4.50. The molecule has 3 rings (SSSR count). The zero-order chi connectivity index (χ0) is 12.2. The number of rotatable bonds is 3. The van der Waals surface area contributed by atoms with E-state index in [1.807, 2.05) is 0 Å². The second-order valence-electron chi connectivity index (χ2n) is 5.80. The maximum absolute atomic E-state index is 5.62. The Morgan fingerprint density at radius 3 is 2.72 bits per heavy atom. The predicted octanol–water partition coefficient (Wildman–Crippen LogP) is 1.31. The van der Waals surface area contributed by atoms with Crippen molar-refractivity contribution in [2.75, 3.05) is 45.9 Å². The van der Waals surface area contributed by atoms with E-state index in [1.54, 1.807) is 0 Å². The Hall–Kier alpha value is -0.160. The van der Waals surface area contributed by atoms with Crippen molar-refractivity contribution >= 4 is 0 Å². The Balaban J connectivity index is 1.40. The van der Waals surface area contributed by atoms with E-state index in [0.717, 1.165) is 38.6 Å². The van der Waals surface area contributed by atoms with Crippen LogP contribution in [0.3, 0.4) is 0 Å². The molecule has 4 heteroatoms. The first-order chi connectivity index (χ1) is 8.92. The van der Waals surface area contributed by atoms with Gasteiger partial charge in [0.05, 0.1) is 13.2 Å². The summed E-state index contributed by atoms with van der Waals surface area (Å²) in [5, 5.41) is 0. The molecule has 3 aliphatic rings. The molecule has 0 aromatic heterocycles. The summed E-state index contributed by atoms with van der Waals surface area (Å²) in [4.78, 5) is 5.29. The Kier molecular flexibility index (Phi) is 4.52. The summed E-state index contributed by atoms with van der Waals surface area (Å²) >= 11 is 0. The first kappa shape index (κ1) is 12.9. The van der Waals surface area contributed by atoms with Crippen molar-refractivity contribution in [2.24, 2.45) is 0 Å². The molecule has 3 aliphatic heterocycles. The number of hydrogen-bond acceptors (Lipinski definition) is 4. The van der Waals surface area contributed by atoms with Gasteiger partial charge in [-0.05, 0) is 25.8 Å². The summed E-state index contributed by atoms with van der Waals surface area (Å²) in [5.41, 5.74) is 0. The van der Waals surface area contributed by atoms with Crippen LogP contribution < -0.4 is 0 Å². The quantitative estimate of drug-likeness (QED) is 0.758. The highest BCUT2D eigenvalue weighted by molar-refractivity contribution is 4.85. The molecule has 0 aromatic carbocycles. The van der Waals surface area contributed by atoms with Crippen LogP contribution in [0.1, 0.15) is 32.1 Å². The summed E-state index contributed by atoms with van der Waals surface area (Å²) < 4.78 is 11.2. The molecule has 3 saturated heterocycles. The maximum atomic E-state index is 5.62. The number of piperidine rings is 1. The van der Waals surface area contributed by atoms with E-state index in [9.17, 15) is 0 Å². The third-order valence-electron chi connectivity index (χ3n) is 4.50. The normalized spacial score (nSPS) is 32.3. The zero-order valence-corrected chi connectivity index (χ0v) is 11.4. The van der Waals surface area contributed by atoms with Gasteiger partial charge in [0, 0.05) is 38.6 Å². The lowest BCUT2D eigenvalue weighted by Gasteiger charge is -2.44. The molecule has 4 nitrogen and oxygen atoms in total. The van der Waals surface area contributed by atoms with Crippen molar-refractivity contribution in [1.82, 2.24) is 9.80 Å². The molecule has 0 radical (unpaired) electrons. The lowest BCUT2D eigenvalue weighted by molar-refractivity contribution is -0.183. The molecule has 0 spiro atoms. The van der Waals surface area contributed by atoms with Gasteiger partial charge >= 0.3 is 0 Å².